The molecule has 3 rings (SSSR count). The predicted molar refractivity (Wildman–Crippen MR) is 107 cm³/mol. The van der Waals surface area contributed by atoms with Crippen molar-refractivity contribution in [3.8, 4) is 5.75 Å². The third kappa shape index (κ3) is 5.90. The van der Waals surface area contributed by atoms with E-state index in [0.717, 1.165) is 49.5 Å². The molecule has 0 saturated carbocycles. The summed E-state index contributed by atoms with van der Waals surface area (Å²) in [6.07, 6.45) is 1.41. The number of halogens is 2. The molecule has 0 aliphatic carbocycles. The summed E-state index contributed by atoms with van der Waals surface area (Å²) in [5.74, 6) is 0.926. The van der Waals surface area contributed by atoms with E-state index < -0.39 is 0 Å². The summed E-state index contributed by atoms with van der Waals surface area (Å²) in [4.78, 5) is 14.4. The molecule has 140 valence electrons. The van der Waals surface area contributed by atoms with Gasteiger partial charge >= 0.3 is 0 Å². The standard InChI is InChI=1S/C20H23ClN2O2.ClH/c21-19-8-2-1-6-17(19)15-25-18-7-3-5-16(13-18)14-20(24)23-11-4-9-22-10-12-23;/h1-3,5-8,13,22H,4,9-12,14-15H2;1H. The maximum atomic E-state index is 12.5. The van der Waals surface area contributed by atoms with Crippen molar-refractivity contribution in [1.29, 1.82) is 0 Å². The van der Waals surface area contributed by atoms with Crippen molar-refractivity contribution in [1.82, 2.24) is 10.2 Å². The van der Waals surface area contributed by atoms with Crippen LogP contribution in [0, 0.1) is 0 Å². The average molecular weight is 395 g/mol. The Kier molecular flexibility index (Phi) is 8.23. The quantitative estimate of drug-likeness (QED) is 0.840. The van der Waals surface area contributed by atoms with Gasteiger partial charge in [-0.1, -0.05) is 41.9 Å². The number of hydrogen-bond acceptors (Lipinski definition) is 3. The molecule has 0 spiro atoms. The Balaban J connectivity index is 0.00000243. The number of benzene rings is 2. The number of amides is 1. The number of carbonyl (C=O) groups excluding carboxylic acids is 1. The molecule has 6 heteroatoms. The molecule has 0 unspecified atom stereocenters. The van der Waals surface area contributed by atoms with E-state index in [0.29, 0.717) is 18.1 Å². The van der Waals surface area contributed by atoms with E-state index >= 15 is 0 Å². The van der Waals surface area contributed by atoms with Crippen molar-refractivity contribution >= 4 is 29.9 Å². The van der Waals surface area contributed by atoms with Gasteiger partial charge in [0.2, 0.25) is 5.91 Å². The molecule has 1 aliphatic rings. The van der Waals surface area contributed by atoms with Crippen LogP contribution in [0.3, 0.4) is 0 Å². The monoisotopic (exact) mass is 394 g/mol. The van der Waals surface area contributed by atoms with Gasteiger partial charge in [-0.3, -0.25) is 4.79 Å². The van der Waals surface area contributed by atoms with Crippen molar-refractivity contribution in [2.45, 2.75) is 19.4 Å². The largest absolute Gasteiger partial charge is 0.489 e. The van der Waals surface area contributed by atoms with E-state index in [4.69, 9.17) is 16.3 Å². The van der Waals surface area contributed by atoms with Crippen LogP contribution in [0.25, 0.3) is 0 Å². The fourth-order valence-electron chi connectivity index (χ4n) is 2.90. The van der Waals surface area contributed by atoms with E-state index in [1.54, 1.807) is 0 Å². The van der Waals surface area contributed by atoms with Crippen LogP contribution in [0.1, 0.15) is 17.5 Å². The maximum Gasteiger partial charge on any atom is 0.227 e. The molecule has 1 amide bonds. The third-order valence-electron chi connectivity index (χ3n) is 4.30. The molecule has 2 aromatic carbocycles. The third-order valence-corrected chi connectivity index (χ3v) is 4.67. The van der Waals surface area contributed by atoms with Crippen LogP contribution in [0.5, 0.6) is 5.75 Å². The topological polar surface area (TPSA) is 41.6 Å². The van der Waals surface area contributed by atoms with Crippen LogP contribution in [-0.2, 0) is 17.8 Å². The highest BCUT2D eigenvalue weighted by Gasteiger charge is 2.15. The van der Waals surface area contributed by atoms with E-state index in [9.17, 15) is 4.79 Å². The SMILES string of the molecule is Cl.O=C(Cc1cccc(OCc2ccccc2Cl)c1)N1CCCNCC1. The molecule has 1 aliphatic heterocycles. The van der Waals surface area contributed by atoms with Gasteiger partial charge in [0, 0.05) is 30.2 Å². The zero-order valence-electron chi connectivity index (χ0n) is 14.6. The minimum absolute atomic E-state index is 0. The average Bonchev–Trinajstić information content (AvgIpc) is 2.91. The van der Waals surface area contributed by atoms with Crippen LogP contribution in [-0.4, -0.2) is 37.0 Å². The van der Waals surface area contributed by atoms with Gasteiger partial charge in [0.25, 0.3) is 0 Å². The van der Waals surface area contributed by atoms with E-state index in [1.165, 1.54) is 0 Å². The van der Waals surface area contributed by atoms with Gasteiger partial charge in [0.1, 0.15) is 12.4 Å². The van der Waals surface area contributed by atoms with E-state index in [2.05, 4.69) is 5.32 Å². The van der Waals surface area contributed by atoms with Crippen LogP contribution in [0.4, 0.5) is 0 Å². The van der Waals surface area contributed by atoms with Gasteiger partial charge in [-0.25, -0.2) is 0 Å². The normalized spacial score (nSPS) is 14.3. The maximum absolute atomic E-state index is 12.5. The lowest BCUT2D eigenvalue weighted by Gasteiger charge is -2.20. The molecule has 0 bridgehead atoms. The molecule has 1 saturated heterocycles. The van der Waals surface area contributed by atoms with E-state index in [1.807, 2.05) is 53.4 Å². The molecule has 1 fully saturated rings. The highest BCUT2D eigenvalue weighted by atomic mass is 35.5. The van der Waals surface area contributed by atoms with Gasteiger partial charge < -0.3 is 15.0 Å². The Labute approximate surface area is 165 Å². The molecule has 26 heavy (non-hydrogen) atoms. The summed E-state index contributed by atoms with van der Waals surface area (Å²) in [5, 5.41) is 4.02. The Morgan fingerprint density at radius 1 is 1.12 bits per heavy atom. The molecule has 0 atom stereocenters. The van der Waals surface area contributed by atoms with Crippen molar-refractivity contribution in [2.75, 3.05) is 26.2 Å². The van der Waals surface area contributed by atoms with Gasteiger partial charge in [0.05, 0.1) is 6.42 Å². The molecular formula is C20H24Cl2N2O2. The number of ether oxygens (including phenoxy) is 1. The van der Waals surface area contributed by atoms with E-state index in [-0.39, 0.29) is 18.3 Å². The van der Waals surface area contributed by atoms with Crippen LogP contribution >= 0.6 is 24.0 Å². The minimum Gasteiger partial charge on any atom is -0.489 e. The first-order chi connectivity index (χ1) is 12.2. The van der Waals surface area contributed by atoms with Gasteiger partial charge in [-0.2, -0.15) is 0 Å². The highest BCUT2D eigenvalue weighted by Crippen LogP contribution is 2.20. The zero-order valence-corrected chi connectivity index (χ0v) is 16.2. The number of nitrogens with one attached hydrogen (secondary N) is 1. The minimum atomic E-state index is 0. The summed E-state index contributed by atoms with van der Waals surface area (Å²) in [6, 6.07) is 15.4. The lowest BCUT2D eigenvalue weighted by molar-refractivity contribution is -0.130. The fraction of sp³-hybridized carbons (Fsp3) is 0.350. The summed E-state index contributed by atoms with van der Waals surface area (Å²) in [6.45, 7) is 3.87. The smallest absolute Gasteiger partial charge is 0.227 e. The first kappa shape index (κ1) is 20.6. The van der Waals surface area contributed by atoms with Crippen molar-refractivity contribution in [3.05, 3.63) is 64.7 Å². The Morgan fingerprint density at radius 2 is 1.96 bits per heavy atom. The molecular weight excluding hydrogens is 371 g/mol. The second-order valence-corrected chi connectivity index (χ2v) is 6.60. The Bertz CT molecular complexity index is 716. The van der Waals surface area contributed by atoms with Gasteiger partial charge in [-0.15, -0.1) is 12.4 Å². The number of hydrogen-bond donors (Lipinski definition) is 1. The number of nitrogens with zero attached hydrogens (tertiary/aromatic N) is 1. The highest BCUT2D eigenvalue weighted by molar-refractivity contribution is 6.31. The number of rotatable bonds is 5. The first-order valence-corrected chi connectivity index (χ1v) is 9.04. The molecule has 0 aromatic heterocycles. The molecule has 4 nitrogen and oxygen atoms in total. The summed E-state index contributed by atoms with van der Waals surface area (Å²) >= 11 is 6.15. The summed E-state index contributed by atoms with van der Waals surface area (Å²) in [5.41, 5.74) is 1.92. The lowest BCUT2D eigenvalue weighted by atomic mass is 10.1. The predicted octanol–water partition coefficient (Wildman–Crippen LogP) is 3.71. The summed E-state index contributed by atoms with van der Waals surface area (Å²) in [7, 11) is 0. The van der Waals surface area contributed by atoms with Crippen molar-refractivity contribution in [2.24, 2.45) is 0 Å². The fourth-order valence-corrected chi connectivity index (χ4v) is 3.09. The molecule has 0 radical (unpaired) electrons. The molecule has 1 heterocycles. The van der Waals surface area contributed by atoms with Crippen LogP contribution in [0.2, 0.25) is 5.02 Å². The lowest BCUT2D eigenvalue weighted by Crippen LogP contribution is -2.35. The second kappa shape index (κ2) is 10.4. The zero-order chi connectivity index (χ0) is 17.5. The second-order valence-electron chi connectivity index (χ2n) is 6.19. The molecule has 1 N–H and O–H groups in total. The Morgan fingerprint density at radius 3 is 2.81 bits per heavy atom. The van der Waals surface area contributed by atoms with Crippen LogP contribution < -0.4 is 10.1 Å². The van der Waals surface area contributed by atoms with Crippen molar-refractivity contribution < 1.29 is 9.53 Å². The summed E-state index contributed by atoms with van der Waals surface area (Å²) < 4.78 is 5.84. The van der Waals surface area contributed by atoms with Gasteiger partial charge in [0.15, 0.2) is 0 Å². The van der Waals surface area contributed by atoms with Crippen molar-refractivity contribution in [3.63, 3.8) is 0 Å². The van der Waals surface area contributed by atoms with Gasteiger partial charge in [-0.05, 0) is 36.7 Å². The molecule has 2 aromatic rings. The first-order valence-electron chi connectivity index (χ1n) is 8.66. The van der Waals surface area contributed by atoms with Crippen LogP contribution in [0.15, 0.2) is 48.5 Å². The number of carbonyl (C=O) groups is 1. The Hall–Kier alpha value is -1.75.